The fourth-order valence-electron chi connectivity index (χ4n) is 2.12. The highest BCUT2D eigenvalue weighted by Crippen LogP contribution is 2.26. The number of hydrogen-bond acceptors (Lipinski definition) is 5. The first kappa shape index (κ1) is 15.5. The first-order chi connectivity index (χ1) is 10.1. The van der Waals surface area contributed by atoms with Crippen molar-refractivity contribution >= 4 is 17.5 Å². The number of rotatable bonds is 5. The van der Waals surface area contributed by atoms with E-state index < -0.39 is 0 Å². The highest BCUT2D eigenvalue weighted by molar-refractivity contribution is 6.28. The summed E-state index contributed by atoms with van der Waals surface area (Å²) >= 11 is 6.06. The van der Waals surface area contributed by atoms with Crippen LogP contribution in [-0.2, 0) is 0 Å². The Morgan fingerprint density at radius 2 is 1.86 bits per heavy atom. The third-order valence-corrected chi connectivity index (χ3v) is 3.49. The number of nitrogens with zero attached hydrogens (tertiary/aromatic N) is 4. The van der Waals surface area contributed by atoms with Crippen LogP contribution in [0.5, 0.6) is 5.75 Å². The maximum atomic E-state index is 6.06. The highest BCUT2D eigenvalue weighted by atomic mass is 35.5. The van der Waals surface area contributed by atoms with Crippen molar-refractivity contribution in [3.05, 3.63) is 29.0 Å². The largest absolute Gasteiger partial charge is 0.497 e. The molecule has 2 rings (SSSR count). The van der Waals surface area contributed by atoms with Gasteiger partial charge < -0.3 is 9.64 Å². The predicted octanol–water partition coefficient (Wildman–Crippen LogP) is 3.36. The van der Waals surface area contributed by atoms with Crippen LogP contribution < -0.4 is 9.64 Å². The molecule has 1 aromatic heterocycles. The number of methoxy groups -OCH3 is 1. The predicted molar refractivity (Wildman–Crippen MR) is 85.1 cm³/mol. The molecule has 0 bridgehead atoms. The molecule has 0 spiro atoms. The number of aryl methyl sites for hydroxylation is 1. The van der Waals surface area contributed by atoms with Crippen molar-refractivity contribution in [2.45, 2.75) is 20.8 Å². The summed E-state index contributed by atoms with van der Waals surface area (Å²) in [6.45, 7) is 7.74. The van der Waals surface area contributed by atoms with Crippen LogP contribution in [0.3, 0.4) is 0 Å². The Labute approximate surface area is 130 Å². The van der Waals surface area contributed by atoms with Crippen LogP contribution in [0.25, 0.3) is 11.4 Å². The van der Waals surface area contributed by atoms with Crippen LogP contribution in [0.2, 0.25) is 5.28 Å². The lowest BCUT2D eigenvalue weighted by molar-refractivity contribution is 0.414. The normalized spacial score (nSPS) is 10.5. The molecule has 0 unspecified atom stereocenters. The Balaban J connectivity index is 2.49. The van der Waals surface area contributed by atoms with E-state index in [0.29, 0.717) is 11.8 Å². The quantitative estimate of drug-likeness (QED) is 0.848. The van der Waals surface area contributed by atoms with Gasteiger partial charge in [0, 0.05) is 18.7 Å². The molecule has 0 aliphatic heterocycles. The van der Waals surface area contributed by atoms with E-state index in [0.717, 1.165) is 30.0 Å². The summed E-state index contributed by atoms with van der Waals surface area (Å²) in [5.74, 6) is 1.99. The van der Waals surface area contributed by atoms with Crippen LogP contribution in [0, 0.1) is 6.92 Å². The lowest BCUT2D eigenvalue weighted by Gasteiger charge is -2.19. The number of ether oxygens (including phenoxy) is 1. The molecular formula is C15H19ClN4O. The van der Waals surface area contributed by atoms with Gasteiger partial charge >= 0.3 is 0 Å². The van der Waals surface area contributed by atoms with Crippen LogP contribution >= 0.6 is 11.6 Å². The molecule has 1 aromatic carbocycles. The second-order valence-electron chi connectivity index (χ2n) is 4.58. The van der Waals surface area contributed by atoms with Crippen molar-refractivity contribution in [1.29, 1.82) is 0 Å². The van der Waals surface area contributed by atoms with Crippen LogP contribution in [-0.4, -0.2) is 35.2 Å². The van der Waals surface area contributed by atoms with Gasteiger partial charge in [0.1, 0.15) is 5.75 Å². The molecule has 0 saturated heterocycles. The summed E-state index contributed by atoms with van der Waals surface area (Å²) in [6, 6.07) is 5.77. The minimum atomic E-state index is 0.206. The summed E-state index contributed by atoms with van der Waals surface area (Å²) < 4.78 is 5.22. The van der Waals surface area contributed by atoms with Gasteiger partial charge in [-0.1, -0.05) is 0 Å². The van der Waals surface area contributed by atoms with Gasteiger partial charge in [0.15, 0.2) is 5.82 Å². The zero-order valence-corrected chi connectivity index (χ0v) is 13.5. The van der Waals surface area contributed by atoms with Gasteiger partial charge in [0.25, 0.3) is 0 Å². The van der Waals surface area contributed by atoms with Crippen LogP contribution in [0.1, 0.15) is 19.4 Å². The number of halogens is 1. The van der Waals surface area contributed by atoms with Gasteiger partial charge in [-0.25, -0.2) is 0 Å². The molecule has 112 valence electrons. The molecule has 5 nitrogen and oxygen atoms in total. The monoisotopic (exact) mass is 306 g/mol. The van der Waals surface area contributed by atoms with E-state index in [9.17, 15) is 0 Å². The molecule has 0 aliphatic rings. The van der Waals surface area contributed by atoms with Crippen LogP contribution in [0.15, 0.2) is 18.2 Å². The maximum Gasteiger partial charge on any atom is 0.230 e. The first-order valence-electron chi connectivity index (χ1n) is 6.90. The Morgan fingerprint density at radius 3 is 2.43 bits per heavy atom. The van der Waals surface area contributed by atoms with Gasteiger partial charge in [-0.05, 0) is 56.1 Å². The van der Waals surface area contributed by atoms with Gasteiger partial charge in [-0.3, -0.25) is 0 Å². The molecular weight excluding hydrogens is 288 g/mol. The average molecular weight is 307 g/mol. The third-order valence-electron chi connectivity index (χ3n) is 3.32. The molecule has 0 atom stereocenters. The van der Waals surface area contributed by atoms with Crippen molar-refractivity contribution in [1.82, 2.24) is 15.0 Å². The van der Waals surface area contributed by atoms with E-state index in [1.54, 1.807) is 7.11 Å². The van der Waals surface area contributed by atoms with E-state index >= 15 is 0 Å². The summed E-state index contributed by atoms with van der Waals surface area (Å²) in [5.41, 5.74) is 1.95. The SMILES string of the molecule is CCN(CC)c1nc(Cl)nc(-c2ccc(OC)cc2C)n1. The van der Waals surface area contributed by atoms with E-state index in [-0.39, 0.29) is 5.28 Å². The summed E-state index contributed by atoms with van der Waals surface area (Å²) in [4.78, 5) is 15.0. The molecule has 0 amide bonds. The topological polar surface area (TPSA) is 51.1 Å². The molecule has 0 fully saturated rings. The van der Waals surface area contributed by atoms with Crippen LogP contribution in [0.4, 0.5) is 5.95 Å². The highest BCUT2D eigenvalue weighted by Gasteiger charge is 2.13. The molecule has 21 heavy (non-hydrogen) atoms. The summed E-state index contributed by atoms with van der Waals surface area (Å²) in [6.07, 6.45) is 0. The molecule has 0 radical (unpaired) electrons. The first-order valence-corrected chi connectivity index (χ1v) is 7.28. The van der Waals surface area contributed by atoms with Gasteiger partial charge in [0.05, 0.1) is 7.11 Å². The van der Waals surface area contributed by atoms with Crippen molar-refractivity contribution in [3.8, 4) is 17.1 Å². The number of hydrogen-bond donors (Lipinski definition) is 0. The van der Waals surface area contributed by atoms with E-state index in [1.165, 1.54) is 0 Å². The maximum absolute atomic E-state index is 6.06. The standard InChI is InChI=1S/C15H19ClN4O/c1-5-20(6-2)15-18-13(17-14(16)19-15)12-8-7-11(21-4)9-10(12)3/h7-9H,5-6H2,1-4H3. The Kier molecular flexibility index (Phi) is 4.96. The summed E-state index contributed by atoms with van der Waals surface area (Å²) in [7, 11) is 1.65. The molecule has 6 heteroatoms. The molecule has 2 aromatic rings. The van der Waals surface area contributed by atoms with Gasteiger partial charge in [-0.15, -0.1) is 0 Å². The fourth-order valence-corrected chi connectivity index (χ4v) is 2.28. The summed E-state index contributed by atoms with van der Waals surface area (Å²) in [5, 5.41) is 0.206. The minimum absolute atomic E-state index is 0.206. The number of benzene rings is 1. The Morgan fingerprint density at radius 1 is 1.14 bits per heavy atom. The Hall–Kier alpha value is -1.88. The zero-order chi connectivity index (χ0) is 15.4. The fraction of sp³-hybridized carbons (Fsp3) is 0.400. The number of anilines is 1. The van der Waals surface area contributed by atoms with Crippen molar-refractivity contribution in [3.63, 3.8) is 0 Å². The molecule has 0 aliphatic carbocycles. The van der Waals surface area contributed by atoms with Crippen molar-refractivity contribution < 1.29 is 4.74 Å². The van der Waals surface area contributed by atoms with Crippen molar-refractivity contribution in [2.24, 2.45) is 0 Å². The second kappa shape index (κ2) is 6.72. The molecule has 0 saturated carbocycles. The van der Waals surface area contributed by atoms with Crippen molar-refractivity contribution in [2.75, 3.05) is 25.1 Å². The number of aromatic nitrogens is 3. The van der Waals surface area contributed by atoms with Gasteiger partial charge in [0.2, 0.25) is 11.2 Å². The molecule has 1 heterocycles. The zero-order valence-electron chi connectivity index (χ0n) is 12.7. The van der Waals surface area contributed by atoms with Gasteiger partial charge in [-0.2, -0.15) is 15.0 Å². The third kappa shape index (κ3) is 3.42. The lowest BCUT2D eigenvalue weighted by atomic mass is 10.1. The van der Waals surface area contributed by atoms with E-state index in [1.807, 2.05) is 30.0 Å². The molecule has 0 N–H and O–H groups in total. The Bertz CT molecular complexity index is 629. The smallest absolute Gasteiger partial charge is 0.230 e. The van der Waals surface area contributed by atoms with E-state index in [4.69, 9.17) is 16.3 Å². The lowest BCUT2D eigenvalue weighted by Crippen LogP contribution is -2.24. The second-order valence-corrected chi connectivity index (χ2v) is 4.92. The van der Waals surface area contributed by atoms with E-state index in [2.05, 4.69) is 28.8 Å². The average Bonchev–Trinajstić information content (AvgIpc) is 2.47. The minimum Gasteiger partial charge on any atom is -0.497 e.